The van der Waals surface area contributed by atoms with E-state index >= 15 is 0 Å². The molecule has 0 bridgehead atoms. The molecule has 0 aromatic carbocycles. The SMILES string of the molecule is CCCCCC/C=C\C=C/CCCCCCCC(=O)O[C@H](COC(=O)CCCCCCCCCCCCCCC)COP(=O)(O)OC[C@@H](O)COP(=O)(O)OC[C@@H](COC(=O)CCCCCCCCCC(C)C)OC(=O)CCCCCCCCCCC(C)CC. The Morgan fingerprint density at radius 2 is 0.656 bits per heavy atom. The number of aliphatic hydroxyl groups excluding tert-OH is 1. The molecule has 6 atom stereocenters. The summed E-state index contributed by atoms with van der Waals surface area (Å²) in [7, 11) is -9.91. The topological polar surface area (TPSA) is 237 Å². The van der Waals surface area contributed by atoms with E-state index in [9.17, 15) is 43.2 Å². The number of unbranched alkanes of at least 4 members (excludes halogenated alkanes) is 34. The maximum absolute atomic E-state index is 13.0. The molecule has 0 aliphatic carbocycles. The summed E-state index contributed by atoms with van der Waals surface area (Å²) in [6.45, 7) is 9.43. The van der Waals surface area contributed by atoms with Crippen LogP contribution in [-0.2, 0) is 65.4 Å². The van der Waals surface area contributed by atoms with E-state index in [4.69, 9.17) is 37.0 Å². The van der Waals surface area contributed by atoms with Crippen LogP contribution in [0, 0.1) is 11.8 Å². The number of hydrogen-bond donors (Lipinski definition) is 3. The lowest BCUT2D eigenvalue weighted by Crippen LogP contribution is -2.30. The van der Waals surface area contributed by atoms with E-state index in [-0.39, 0.29) is 25.7 Å². The number of ether oxygens (including phenoxy) is 4. The second-order valence-corrected chi connectivity index (χ2v) is 28.6. The van der Waals surface area contributed by atoms with E-state index in [0.29, 0.717) is 31.6 Å². The van der Waals surface area contributed by atoms with Crippen molar-refractivity contribution >= 4 is 39.5 Å². The summed E-state index contributed by atoms with van der Waals surface area (Å²) in [6, 6.07) is 0. The molecule has 3 N–H and O–H groups in total. The molecule has 90 heavy (non-hydrogen) atoms. The maximum Gasteiger partial charge on any atom is 0.472 e. The first-order valence-corrected chi connectivity index (χ1v) is 39.3. The summed E-state index contributed by atoms with van der Waals surface area (Å²) in [6.07, 6.45) is 50.7. The number of phosphoric ester groups is 2. The summed E-state index contributed by atoms with van der Waals surface area (Å²) in [5.41, 5.74) is 0. The highest BCUT2D eigenvalue weighted by molar-refractivity contribution is 7.47. The van der Waals surface area contributed by atoms with Crippen molar-refractivity contribution in [3.05, 3.63) is 24.3 Å². The van der Waals surface area contributed by atoms with Crippen LogP contribution in [0.5, 0.6) is 0 Å². The van der Waals surface area contributed by atoms with Crippen LogP contribution < -0.4 is 0 Å². The van der Waals surface area contributed by atoms with Crippen molar-refractivity contribution < 1.29 is 80.2 Å². The fourth-order valence-electron chi connectivity index (χ4n) is 10.2. The van der Waals surface area contributed by atoms with Gasteiger partial charge in [0.15, 0.2) is 12.2 Å². The van der Waals surface area contributed by atoms with Gasteiger partial charge in [-0.3, -0.25) is 37.3 Å². The molecule has 0 heterocycles. The average molecular weight is 1320 g/mol. The van der Waals surface area contributed by atoms with Crippen LogP contribution in [0.4, 0.5) is 0 Å². The van der Waals surface area contributed by atoms with Gasteiger partial charge in [-0.25, -0.2) is 9.13 Å². The number of carbonyl (C=O) groups is 4. The molecule has 0 spiro atoms. The minimum atomic E-state index is -4.96. The van der Waals surface area contributed by atoms with Gasteiger partial charge in [-0.1, -0.05) is 284 Å². The predicted octanol–water partition coefficient (Wildman–Crippen LogP) is 19.9. The molecule has 0 saturated carbocycles. The zero-order chi connectivity index (χ0) is 66.5. The highest BCUT2D eigenvalue weighted by Gasteiger charge is 2.30. The Morgan fingerprint density at radius 1 is 0.367 bits per heavy atom. The lowest BCUT2D eigenvalue weighted by molar-refractivity contribution is -0.161. The van der Waals surface area contributed by atoms with Crippen molar-refractivity contribution in [3.8, 4) is 0 Å². The Hall–Kier alpha value is -2.46. The van der Waals surface area contributed by atoms with E-state index in [1.165, 1.54) is 135 Å². The summed E-state index contributed by atoms with van der Waals surface area (Å²) in [5, 5.41) is 10.6. The number of aliphatic hydroxyl groups is 1. The van der Waals surface area contributed by atoms with Gasteiger partial charge in [0.25, 0.3) is 0 Å². The molecular formula is C71H134O17P2. The smallest absolute Gasteiger partial charge is 0.462 e. The zero-order valence-corrected chi connectivity index (χ0v) is 59.7. The Labute approximate surface area is 548 Å². The highest BCUT2D eigenvalue weighted by atomic mass is 31.2. The fourth-order valence-corrected chi connectivity index (χ4v) is 11.8. The highest BCUT2D eigenvalue weighted by Crippen LogP contribution is 2.45. The van der Waals surface area contributed by atoms with Crippen molar-refractivity contribution in [3.63, 3.8) is 0 Å². The molecule has 0 fully saturated rings. The number of rotatable bonds is 68. The van der Waals surface area contributed by atoms with Gasteiger partial charge in [-0.15, -0.1) is 0 Å². The molecule has 0 aromatic heterocycles. The first-order chi connectivity index (χ1) is 43.4. The van der Waals surface area contributed by atoms with Gasteiger partial charge in [-0.05, 0) is 63.2 Å². The Morgan fingerprint density at radius 3 is 1.00 bits per heavy atom. The quantitative estimate of drug-likeness (QED) is 0.0169. The monoisotopic (exact) mass is 1320 g/mol. The van der Waals surface area contributed by atoms with Crippen LogP contribution >= 0.6 is 15.6 Å². The molecule has 0 aromatic rings. The minimum absolute atomic E-state index is 0.0850. The van der Waals surface area contributed by atoms with Gasteiger partial charge in [0, 0.05) is 25.7 Å². The fraction of sp³-hybridized carbons (Fsp3) is 0.887. The standard InChI is InChI=1S/C71H134O17P2/c1-7-10-12-14-16-18-20-22-23-25-27-29-36-43-49-55-70(75)87-66(59-81-68(73)53-47-41-35-28-26-24-21-19-17-15-13-11-8-2)61-85-89(77,78)83-57-65(72)58-84-90(79,80)86-62-67(60-82-69(74)54-48-42-38-32-33-39-45-51-63(4)5)88-71(76)56-50-44-37-31-30-34-40-46-52-64(6)9-3/h18,20,22-23,63-67,72H,7-17,19,21,24-62H2,1-6H3,(H,77,78)(H,79,80)/b20-18-,23-22-/t64?,65-,66-,67-/m1/s1. The van der Waals surface area contributed by atoms with Gasteiger partial charge in [0.2, 0.25) is 0 Å². The summed E-state index contributed by atoms with van der Waals surface area (Å²) in [4.78, 5) is 72.5. The van der Waals surface area contributed by atoms with Gasteiger partial charge < -0.3 is 33.8 Å². The van der Waals surface area contributed by atoms with Crippen LogP contribution in [0.25, 0.3) is 0 Å². The number of esters is 4. The van der Waals surface area contributed by atoms with E-state index in [1.807, 2.05) is 0 Å². The number of phosphoric acid groups is 2. The Kier molecular flexibility index (Phi) is 60.9. The second kappa shape index (κ2) is 62.6. The van der Waals surface area contributed by atoms with Gasteiger partial charge in [-0.2, -0.15) is 0 Å². The first kappa shape index (κ1) is 87.5. The average Bonchev–Trinajstić information content (AvgIpc) is 3.70. The van der Waals surface area contributed by atoms with Crippen molar-refractivity contribution in [1.82, 2.24) is 0 Å². The lowest BCUT2D eigenvalue weighted by Gasteiger charge is -2.21. The molecule has 19 heteroatoms. The molecule has 17 nitrogen and oxygen atoms in total. The molecule has 0 aliphatic rings. The summed E-state index contributed by atoms with van der Waals surface area (Å²) < 4.78 is 68.3. The molecule has 0 rings (SSSR count). The lowest BCUT2D eigenvalue weighted by atomic mass is 9.99. The van der Waals surface area contributed by atoms with E-state index in [0.717, 1.165) is 115 Å². The third kappa shape index (κ3) is 63.0. The first-order valence-electron chi connectivity index (χ1n) is 36.3. The van der Waals surface area contributed by atoms with Crippen LogP contribution in [-0.4, -0.2) is 96.7 Å². The van der Waals surface area contributed by atoms with Gasteiger partial charge >= 0.3 is 39.5 Å². The number of carbonyl (C=O) groups excluding carboxylic acids is 4. The third-order valence-corrected chi connectivity index (χ3v) is 18.1. The molecule has 530 valence electrons. The number of hydrogen-bond acceptors (Lipinski definition) is 15. The molecule has 0 amide bonds. The molecular weight excluding hydrogens is 1190 g/mol. The Balaban J connectivity index is 5.30. The zero-order valence-electron chi connectivity index (χ0n) is 57.9. The van der Waals surface area contributed by atoms with Crippen LogP contribution in [0.15, 0.2) is 24.3 Å². The molecule has 3 unspecified atom stereocenters. The normalized spacial score (nSPS) is 14.6. The third-order valence-electron chi connectivity index (χ3n) is 16.2. The van der Waals surface area contributed by atoms with E-state index < -0.39 is 97.5 Å². The van der Waals surface area contributed by atoms with Crippen molar-refractivity contribution in [2.45, 2.75) is 355 Å². The largest absolute Gasteiger partial charge is 0.472 e. The number of allylic oxidation sites excluding steroid dienone is 4. The summed E-state index contributed by atoms with van der Waals surface area (Å²) >= 11 is 0. The van der Waals surface area contributed by atoms with E-state index in [2.05, 4.69) is 65.8 Å². The van der Waals surface area contributed by atoms with Crippen LogP contribution in [0.1, 0.15) is 337 Å². The van der Waals surface area contributed by atoms with Crippen molar-refractivity contribution in [1.29, 1.82) is 0 Å². The molecule has 0 aliphatic heterocycles. The predicted molar refractivity (Wildman–Crippen MR) is 363 cm³/mol. The van der Waals surface area contributed by atoms with E-state index in [1.54, 1.807) is 0 Å². The molecule has 0 radical (unpaired) electrons. The van der Waals surface area contributed by atoms with Crippen molar-refractivity contribution in [2.75, 3.05) is 39.6 Å². The maximum atomic E-state index is 13.0. The Bertz CT molecular complexity index is 1850. The molecule has 0 saturated heterocycles. The van der Waals surface area contributed by atoms with Gasteiger partial charge in [0.05, 0.1) is 26.4 Å². The van der Waals surface area contributed by atoms with Crippen LogP contribution in [0.2, 0.25) is 0 Å². The minimum Gasteiger partial charge on any atom is -0.462 e. The van der Waals surface area contributed by atoms with Gasteiger partial charge in [0.1, 0.15) is 19.3 Å². The second-order valence-electron chi connectivity index (χ2n) is 25.7. The summed E-state index contributed by atoms with van der Waals surface area (Å²) in [5.74, 6) is -0.684. The van der Waals surface area contributed by atoms with Crippen LogP contribution in [0.3, 0.4) is 0 Å². The van der Waals surface area contributed by atoms with Crippen molar-refractivity contribution in [2.24, 2.45) is 11.8 Å².